The van der Waals surface area contributed by atoms with E-state index in [4.69, 9.17) is 4.74 Å². The molecule has 2 heteroatoms. The van der Waals surface area contributed by atoms with Crippen LogP contribution in [0.15, 0.2) is 24.4 Å². The first-order chi connectivity index (χ1) is 5.38. The summed E-state index contributed by atoms with van der Waals surface area (Å²) < 4.78 is 5.24. The van der Waals surface area contributed by atoms with Gasteiger partial charge in [-0.15, -0.1) is 0 Å². The third-order valence-electron chi connectivity index (χ3n) is 1.88. The van der Waals surface area contributed by atoms with Crippen LogP contribution in [0.1, 0.15) is 6.92 Å². The lowest BCUT2D eigenvalue weighted by Crippen LogP contribution is -2.34. The summed E-state index contributed by atoms with van der Waals surface area (Å²) in [6.45, 7) is 9.45. The second-order valence-electron chi connectivity index (χ2n) is 2.52. The third-order valence-corrected chi connectivity index (χ3v) is 1.88. The van der Waals surface area contributed by atoms with Crippen molar-refractivity contribution >= 4 is 0 Å². The van der Waals surface area contributed by atoms with Crippen LogP contribution in [-0.4, -0.2) is 31.2 Å². The van der Waals surface area contributed by atoms with E-state index in [-0.39, 0.29) is 0 Å². The summed E-state index contributed by atoms with van der Waals surface area (Å²) in [6, 6.07) is 0. The molecular weight excluding hydrogens is 138 g/mol. The average molecular weight is 153 g/mol. The van der Waals surface area contributed by atoms with Gasteiger partial charge >= 0.3 is 0 Å². The molecule has 1 saturated heterocycles. The standard InChI is InChI=1S/C9H15NO/c1-3-9(4-2)10-5-7-11-8-6-10/h3-4H,1,5-8H2,2H3. The molecular formula is C9H15NO. The molecule has 0 radical (unpaired) electrons. The monoisotopic (exact) mass is 153 g/mol. The predicted octanol–water partition coefficient (Wildman–Crippen LogP) is 1.41. The molecule has 0 spiro atoms. The highest BCUT2D eigenvalue weighted by Gasteiger charge is 2.09. The van der Waals surface area contributed by atoms with Crippen molar-refractivity contribution in [2.75, 3.05) is 26.3 Å². The minimum absolute atomic E-state index is 0.838. The van der Waals surface area contributed by atoms with E-state index < -0.39 is 0 Å². The molecule has 0 N–H and O–H groups in total. The number of nitrogens with zero attached hydrogens (tertiary/aromatic N) is 1. The molecule has 0 aromatic heterocycles. The van der Waals surface area contributed by atoms with Crippen molar-refractivity contribution in [2.45, 2.75) is 6.92 Å². The van der Waals surface area contributed by atoms with Gasteiger partial charge in [0.25, 0.3) is 0 Å². The highest BCUT2D eigenvalue weighted by molar-refractivity contribution is 5.14. The zero-order valence-electron chi connectivity index (χ0n) is 7.05. The third kappa shape index (κ3) is 2.09. The van der Waals surface area contributed by atoms with Crippen molar-refractivity contribution in [1.82, 2.24) is 4.90 Å². The molecule has 0 bridgehead atoms. The van der Waals surface area contributed by atoms with Gasteiger partial charge in [-0.2, -0.15) is 0 Å². The lowest BCUT2D eigenvalue weighted by atomic mass is 10.3. The van der Waals surface area contributed by atoms with Crippen molar-refractivity contribution in [2.24, 2.45) is 0 Å². The molecule has 1 aliphatic rings. The van der Waals surface area contributed by atoms with Gasteiger partial charge in [-0.3, -0.25) is 0 Å². The normalized spacial score (nSPS) is 20.1. The van der Waals surface area contributed by atoms with Crippen LogP contribution in [0.4, 0.5) is 0 Å². The Morgan fingerprint density at radius 1 is 1.45 bits per heavy atom. The summed E-state index contributed by atoms with van der Waals surface area (Å²) in [7, 11) is 0. The fourth-order valence-electron chi connectivity index (χ4n) is 1.25. The van der Waals surface area contributed by atoms with Crippen LogP contribution in [0.2, 0.25) is 0 Å². The summed E-state index contributed by atoms with van der Waals surface area (Å²) in [6.07, 6.45) is 3.98. The number of rotatable bonds is 2. The fraction of sp³-hybridized carbons (Fsp3) is 0.556. The topological polar surface area (TPSA) is 12.5 Å². The number of morpholine rings is 1. The van der Waals surface area contributed by atoms with Gasteiger partial charge in [-0.25, -0.2) is 0 Å². The molecule has 2 nitrogen and oxygen atoms in total. The molecule has 0 atom stereocenters. The molecule has 0 unspecified atom stereocenters. The number of allylic oxidation sites excluding steroid dienone is 2. The Bertz CT molecular complexity index is 157. The molecule has 1 fully saturated rings. The van der Waals surface area contributed by atoms with E-state index in [1.54, 1.807) is 0 Å². The molecule has 0 saturated carbocycles. The highest BCUT2D eigenvalue weighted by atomic mass is 16.5. The first kappa shape index (κ1) is 8.34. The lowest BCUT2D eigenvalue weighted by Gasteiger charge is -2.29. The van der Waals surface area contributed by atoms with Gasteiger partial charge < -0.3 is 9.64 Å². The summed E-state index contributed by atoms with van der Waals surface area (Å²) in [4.78, 5) is 2.29. The van der Waals surface area contributed by atoms with Gasteiger partial charge in [0.2, 0.25) is 0 Å². The Kier molecular flexibility index (Phi) is 3.17. The average Bonchev–Trinajstić information content (AvgIpc) is 2.09. The maximum Gasteiger partial charge on any atom is 0.0642 e. The molecule has 1 aliphatic heterocycles. The quantitative estimate of drug-likeness (QED) is 0.556. The summed E-state index contributed by atoms with van der Waals surface area (Å²) in [5.74, 6) is 0. The van der Waals surface area contributed by atoms with Crippen molar-refractivity contribution in [3.63, 3.8) is 0 Å². The van der Waals surface area contributed by atoms with Crippen molar-refractivity contribution in [3.8, 4) is 0 Å². The molecule has 62 valence electrons. The van der Waals surface area contributed by atoms with Gasteiger partial charge in [0.05, 0.1) is 13.2 Å². The van der Waals surface area contributed by atoms with Crippen LogP contribution in [0.3, 0.4) is 0 Å². The number of hydrogen-bond donors (Lipinski definition) is 0. The van der Waals surface area contributed by atoms with E-state index in [0.29, 0.717) is 0 Å². The van der Waals surface area contributed by atoms with Crippen LogP contribution < -0.4 is 0 Å². The molecule has 1 rings (SSSR count). The van der Waals surface area contributed by atoms with Crippen molar-refractivity contribution < 1.29 is 4.74 Å². The zero-order valence-corrected chi connectivity index (χ0v) is 7.05. The van der Waals surface area contributed by atoms with Crippen molar-refractivity contribution in [1.29, 1.82) is 0 Å². The Morgan fingerprint density at radius 3 is 2.55 bits per heavy atom. The minimum Gasteiger partial charge on any atom is -0.378 e. The highest BCUT2D eigenvalue weighted by Crippen LogP contribution is 2.07. The van der Waals surface area contributed by atoms with E-state index in [1.165, 1.54) is 5.70 Å². The number of hydrogen-bond acceptors (Lipinski definition) is 2. The van der Waals surface area contributed by atoms with E-state index in [9.17, 15) is 0 Å². The first-order valence-electron chi connectivity index (χ1n) is 4.00. The summed E-state index contributed by atoms with van der Waals surface area (Å²) in [5.41, 5.74) is 1.22. The Labute approximate surface area is 68.1 Å². The lowest BCUT2D eigenvalue weighted by molar-refractivity contribution is 0.0553. The van der Waals surface area contributed by atoms with Crippen LogP contribution in [0.25, 0.3) is 0 Å². The largest absolute Gasteiger partial charge is 0.378 e. The smallest absolute Gasteiger partial charge is 0.0642 e. The second kappa shape index (κ2) is 4.19. The van der Waals surface area contributed by atoms with Gasteiger partial charge in [0, 0.05) is 18.8 Å². The molecule has 0 aromatic carbocycles. The van der Waals surface area contributed by atoms with Crippen LogP contribution in [0, 0.1) is 0 Å². The molecule has 0 amide bonds. The fourth-order valence-corrected chi connectivity index (χ4v) is 1.25. The van der Waals surface area contributed by atoms with E-state index >= 15 is 0 Å². The van der Waals surface area contributed by atoms with E-state index in [1.807, 2.05) is 13.0 Å². The van der Waals surface area contributed by atoms with Gasteiger partial charge in [-0.05, 0) is 13.0 Å². The molecule has 0 aliphatic carbocycles. The summed E-state index contributed by atoms with van der Waals surface area (Å²) in [5, 5.41) is 0. The molecule has 0 aromatic rings. The Balaban J connectivity index is 2.49. The van der Waals surface area contributed by atoms with Gasteiger partial charge in [0.1, 0.15) is 0 Å². The van der Waals surface area contributed by atoms with Crippen LogP contribution in [0.5, 0.6) is 0 Å². The van der Waals surface area contributed by atoms with Crippen LogP contribution in [-0.2, 0) is 4.74 Å². The van der Waals surface area contributed by atoms with Gasteiger partial charge in [0.15, 0.2) is 0 Å². The van der Waals surface area contributed by atoms with E-state index in [0.717, 1.165) is 26.3 Å². The summed E-state index contributed by atoms with van der Waals surface area (Å²) >= 11 is 0. The Morgan fingerprint density at radius 2 is 2.09 bits per heavy atom. The maximum atomic E-state index is 5.24. The second-order valence-corrected chi connectivity index (χ2v) is 2.52. The predicted molar refractivity (Wildman–Crippen MR) is 46.3 cm³/mol. The maximum absolute atomic E-state index is 5.24. The van der Waals surface area contributed by atoms with Crippen LogP contribution >= 0.6 is 0 Å². The van der Waals surface area contributed by atoms with Gasteiger partial charge in [-0.1, -0.05) is 12.7 Å². The van der Waals surface area contributed by atoms with E-state index in [2.05, 4.69) is 17.6 Å². The molecule has 11 heavy (non-hydrogen) atoms. The SMILES string of the molecule is C=CC(=CC)N1CCOCC1. The Hall–Kier alpha value is -0.760. The zero-order chi connectivity index (χ0) is 8.10. The minimum atomic E-state index is 0.838. The first-order valence-corrected chi connectivity index (χ1v) is 4.00. The molecule has 1 heterocycles. The number of ether oxygens (including phenoxy) is 1. The van der Waals surface area contributed by atoms with Crippen molar-refractivity contribution in [3.05, 3.63) is 24.4 Å².